The average molecular weight is 293 g/mol. The highest BCUT2D eigenvalue weighted by molar-refractivity contribution is 5.96. The van der Waals surface area contributed by atoms with E-state index in [0.717, 1.165) is 0 Å². The molecule has 0 bridgehead atoms. The third-order valence-corrected chi connectivity index (χ3v) is 3.12. The van der Waals surface area contributed by atoms with Crippen molar-refractivity contribution in [1.82, 2.24) is 15.2 Å². The fraction of sp³-hybridized carbons (Fsp3) is 0.500. The topological polar surface area (TPSA) is 91.5 Å². The van der Waals surface area contributed by atoms with Gasteiger partial charge in [0.05, 0.1) is 13.2 Å². The van der Waals surface area contributed by atoms with Gasteiger partial charge < -0.3 is 19.9 Å². The van der Waals surface area contributed by atoms with Crippen LogP contribution in [0.4, 0.5) is 0 Å². The second-order valence-corrected chi connectivity index (χ2v) is 5.18. The van der Waals surface area contributed by atoms with E-state index in [1.54, 1.807) is 0 Å². The predicted molar refractivity (Wildman–Crippen MR) is 76.0 cm³/mol. The Balaban J connectivity index is 2.20. The second kappa shape index (κ2) is 6.53. The summed E-state index contributed by atoms with van der Waals surface area (Å²) < 4.78 is 5.30. The monoisotopic (exact) mass is 293 g/mol. The molecule has 1 fully saturated rings. The van der Waals surface area contributed by atoms with Crippen molar-refractivity contribution in [2.24, 2.45) is 0 Å². The van der Waals surface area contributed by atoms with Crippen LogP contribution in [-0.2, 0) is 9.53 Å². The number of rotatable bonds is 3. The molecule has 0 aromatic carbocycles. The first-order valence-electron chi connectivity index (χ1n) is 6.87. The molecule has 0 aliphatic carbocycles. The number of aromatic nitrogens is 1. The van der Waals surface area contributed by atoms with E-state index >= 15 is 0 Å². The molecule has 1 saturated heterocycles. The van der Waals surface area contributed by atoms with E-state index < -0.39 is 6.04 Å². The van der Waals surface area contributed by atoms with Gasteiger partial charge in [-0.05, 0) is 19.9 Å². The third-order valence-electron chi connectivity index (χ3n) is 3.12. The molecule has 1 unspecified atom stereocenters. The molecule has 2 amide bonds. The van der Waals surface area contributed by atoms with Crippen molar-refractivity contribution in [1.29, 1.82) is 0 Å². The zero-order valence-electron chi connectivity index (χ0n) is 12.1. The third kappa shape index (κ3) is 3.69. The Morgan fingerprint density at radius 2 is 2.19 bits per heavy atom. The van der Waals surface area contributed by atoms with Gasteiger partial charge in [0.2, 0.25) is 11.5 Å². The highest BCUT2D eigenvalue weighted by atomic mass is 16.5. The minimum atomic E-state index is -0.683. The molecule has 114 valence electrons. The smallest absolute Gasteiger partial charge is 0.271 e. The maximum atomic E-state index is 12.5. The van der Waals surface area contributed by atoms with E-state index in [0.29, 0.717) is 13.2 Å². The van der Waals surface area contributed by atoms with E-state index in [-0.39, 0.29) is 35.7 Å². The van der Waals surface area contributed by atoms with E-state index in [2.05, 4.69) is 10.3 Å². The number of hydrogen-bond acceptors (Lipinski definition) is 4. The van der Waals surface area contributed by atoms with Gasteiger partial charge in [0.15, 0.2) is 0 Å². The van der Waals surface area contributed by atoms with Gasteiger partial charge in [0.1, 0.15) is 11.7 Å². The summed E-state index contributed by atoms with van der Waals surface area (Å²) in [5.74, 6) is -0.628. The normalized spacial score (nSPS) is 18.6. The molecule has 7 nitrogen and oxygen atoms in total. The Kier molecular flexibility index (Phi) is 4.74. The van der Waals surface area contributed by atoms with Gasteiger partial charge in [0, 0.05) is 18.7 Å². The Morgan fingerprint density at radius 1 is 1.43 bits per heavy atom. The quantitative estimate of drug-likeness (QED) is 0.803. The van der Waals surface area contributed by atoms with Crippen LogP contribution in [0.5, 0.6) is 0 Å². The summed E-state index contributed by atoms with van der Waals surface area (Å²) >= 11 is 0. The standard InChI is InChI=1S/C14H19N3O4/c1-9(2)15-13(19)11-8-21-7-6-17(11)14(20)10-4-3-5-12(18)16-10/h3-5,9,11H,6-8H2,1-2H3,(H,15,19)(H,16,18). The van der Waals surface area contributed by atoms with Crippen LogP contribution in [0.2, 0.25) is 0 Å². The number of ether oxygens (including phenoxy) is 1. The van der Waals surface area contributed by atoms with Gasteiger partial charge in [-0.2, -0.15) is 0 Å². The zero-order valence-corrected chi connectivity index (χ0v) is 12.1. The van der Waals surface area contributed by atoms with Crippen molar-refractivity contribution < 1.29 is 14.3 Å². The molecule has 0 spiro atoms. The summed E-state index contributed by atoms with van der Waals surface area (Å²) in [5.41, 5.74) is -0.177. The van der Waals surface area contributed by atoms with Crippen LogP contribution >= 0.6 is 0 Å². The Hall–Kier alpha value is -2.15. The van der Waals surface area contributed by atoms with Crippen molar-refractivity contribution >= 4 is 11.8 Å². The van der Waals surface area contributed by atoms with Gasteiger partial charge >= 0.3 is 0 Å². The number of H-pyrrole nitrogens is 1. The van der Waals surface area contributed by atoms with E-state index in [1.807, 2.05) is 13.8 Å². The van der Waals surface area contributed by atoms with Gasteiger partial charge in [-0.25, -0.2) is 0 Å². The number of aromatic amines is 1. The number of nitrogens with one attached hydrogen (secondary N) is 2. The Labute approximate surface area is 122 Å². The molecule has 7 heteroatoms. The highest BCUT2D eigenvalue weighted by Gasteiger charge is 2.33. The van der Waals surface area contributed by atoms with Crippen molar-refractivity contribution in [2.75, 3.05) is 19.8 Å². The van der Waals surface area contributed by atoms with Crippen LogP contribution in [0, 0.1) is 0 Å². The number of carbonyl (C=O) groups is 2. The molecule has 2 heterocycles. The van der Waals surface area contributed by atoms with Crippen LogP contribution in [0.1, 0.15) is 24.3 Å². The minimum Gasteiger partial charge on any atom is -0.377 e. The fourth-order valence-electron chi connectivity index (χ4n) is 2.17. The van der Waals surface area contributed by atoms with Gasteiger partial charge in [-0.3, -0.25) is 14.4 Å². The lowest BCUT2D eigenvalue weighted by atomic mass is 10.1. The van der Waals surface area contributed by atoms with Gasteiger partial charge in [0.25, 0.3) is 5.91 Å². The fourth-order valence-corrected chi connectivity index (χ4v) is 2.17. The summed E-state index contributed by atoms with van der Waals surface area (Å²) in [6.45, 7) is 4.53. The number of nitrogens with zero attached hydrogens (tertiary/aromatic N) is 1. The SMILES string of the molecule is CC(C)NC(=O)C1COCCN1C(=O)c1cccc(=O)[nH]1. The summed E-state index contributed by atoms with van der Waals surface area (Å²) in [6.07, 6.45) is 0. The van der Waals surface area contributed by atoms with Crippen molar-refractivity contribution in [3.8, 4) is 0 Å². The average Bonchev–Trinajstić information content (AvgIpc) is 2.46. The lowest BCUT2D eigenvalue weighted by molar-refractivity contribution is -0.131. The Bertz CT molecular complexity index is 582. The molecule has 2 rings (SSSR count). The molecule has 1 aliphatic heterocycles. The highest BCUT2D eigenvalue weighted by Crippen LogP contribution is 2.11. The maximum absolute atomic E-state index is 12.5. The summed E-state index contributed by atoms with van der Waals surface area (Å²) in [5, 5.41) is 2.78. The largest absolute Gasteiger partial charge is 0.377 e. The molecule has 1 atom stereocenters. The number of morpholine rings is 1. The Morgan fingerprint density at radius 3 is 2.86 bits per heavy atom. The molecule has 2 N–H and O–H groups in total. The lowest BCUT2D eigenvalue weighted by Crippen LogP contribution is -2.57. The van der Waals surface area contributed by atoms with Crippen molar-refractivity contribution in [3.63, 3.8) is 0 Å². The number of amides is 2. The maximum Gasteiger partial charge on any atom is 0.271 e. The second-order valence-electron chi connectivity index (χ2n) is 5.18. The van der Waals surface area contributed by atoms with Crippen LogP contribution < -0.4 is 10.9 Å². The zero-order chi connectivity index (χ0) is 15.4. The molecule has 21 heavy (non-hydrogen) atoms. The van der Waals surface area contributed by atoms with Crippen molar-refractivity contribution in [3.05, 3.63) is 34.2 Å². The van der Waals surface area contributed by atoms with E-state index in [1.165, 1.54) is 23.1 Å². The number of carbonyl (C=O) groups excluding carboxylic acids is 2. The molecular weight excluding hydrogens is 274 g/mol. The van der Waals surface area contributed by atoms with E-state index in [4.69, 9.17) is 4.74 Å². The van der Waals surface area contributed by atoms with Crippen LogP contribution in [0.15, 0.2) is 23.0 Å². The first-order chi connectivity index (χ1) is 9.99. The molecule has 0 radical (unpaired) electrons. The number of hydrogen-bond donors (Lipinski definition) is 2. The molecule has 0 saturated carbocycles. The van der Waals surface area contributed by atoms with E-state index in [9.17, 15) is 14.4 Å². The molecule has 1 aromatic heterocycles. The number of pyridine rings is 1. The van der Waals surface area contributed by atoms with Crippen molar-refractivity contribution in [2.45, 2.75) is 25.9 Å². The lowest BCUT2D eigenvalue weighted by Gasteiger charge is -2.34. The van der Waals surface area contributed by atoms with Gasteiger partial charge in [-0.15, -0.1) is 0 Å². The van der Waals surface area contributed by atoms with Crippen LogP contribution in [-0.4, -0.2) is 53.5 Å². The summed E-state index contributed by atoms with van der Waals surface area (Å²) in [7, 11) is 0. The predicted octanol–water partition coefficient (Wildman–Crippen LogP) is -0.259. The summed E-state index contributed by atoms with van der Waals surface area (Å²) in [4.78, 5) is 39.9. The molecular formula is C14H19N3O4. The summed E-state index contributed by atoms with van der Waals surface area (Å²) in [6, 6.07) is 3.66. The first kappa shape index (κ1) is 15.2. The minimum absolute atomic E-state index is 0.0205. The van der Waals surface area contributed by atoms with Gasteiger partial charge in [-0.1, -0.05) is 6.07 Å². The van der Waals surface area contributed by atoms with Crippen LogP contribution in [0.25, 0.3) is 0 Å². The first-order valence-corrected chi connectivity index (χ1v) is 6.87. The molecule has 1 aliphatic rings. The molecule has 1 aromatic rings. The van der Waals surface area contributed by atoms with Crippen LogP contribution in [0.3, 0.4) is 0 Å².